The Morgan fingerprint density at radius 3 is 2.65 bits per heavy atom. The van der Waals surface area contributed by atoms with Gasteiger partial charge in [-0.3, -0.25) is 0 Å². The van der Waals surface area contributed by atoms with Gasteiger partial charge in [-0.2, -0.15) is 13.2 Å². The third-order valence-corrected chi connectivity index (χ3v) is 2.98. The van der Waals surface area contributed by atoms with Gasteiger partial charge in [0.15, 0.2) is 0 Å². The number of alkyl halides is 3. The zero-order valence-corrected chi connectivity index (χ0v) is 9.09. The molecule has 0 aliphatic heterocycles. The molecule has 1 aromatic heterocycles. The molecule has 0 saturated heterocycles. The molecule has 17 heavy (non-hydrogen) atoms. The van der Waals surface area contributed by atoms with Crippen LogP contribution in [0.25, 0.3) is 0 Å². The fourth-order valence-corrected chi connectivity index (χ4v) is 1.78. The van der Waals surface area contributed by atoms with Crippen LogP contribution >= 0.6 is 0 Å². The number of nitrogens with zero attached hydrogens (tertiary/aromatic N) is 1. The van der Waals surface area contributed by atoms with Crippen LogP contribution in [-0.2, 0) is 6.18 Å². The summed E-state index contributed by atoms with van der Waals surface area (Å²) in [4.78, 5) is 3.66. The zero-order chi connectivity index (χ0) is 12.5. The SMILES string of the molecule is OC1(CNc2ncccc2C(F)(F)F)CCC1. The van der Waals surface area contributed by atoms with Crippen LogP contribution in [0.3, 0.4) is 0 Å². The molecule has 3 nitrogen and oxygen atoms in total. The topological polar surface area (TPSA) is 45.1 Å². The average Bonchev–Trinajstić information content (AvgIpc) is 2.23. The number of hydrogen-bond donors (Lipinski definition) is 2. The van der Waals surface area contributed by atoms with Gasteiger partial charge in [-0.1, -0.05) is 0 Å². The van der Waals surface area contributed by atoms with E-state index in [1.165, 1.54) is 12.3 Å². The highest BCUT2D eigenvalue weighted by Crippen LogP contribution is 2.35. The first-order valence-electron chi connectivity index (χ1n) is 5.39. The molecule has 0 spiro atoms. The summed E-state index contributed by atoms with van der Waals surface area (Å²) in [7, 11) is 0. The van der Waals surface area contributed by atoms with Crippen molar-refractivity contribution in [2.45, 2.75) is 31.0 Å². The molecule has 1 aliphatic rings. The predicted octanol–water partition coefficient (Wildman–Crippen LogP) is 2.43. The third kappa shape index (κ3) is 2.69. The number of rotatable bonds is 3. The van der Waals surface area contributed by atoms with Gasteiger partial charge in [0.05, 0.1) is 11.2 Å². The molecule has 6 heteroatoms. The average molecular weight is 246 g/mol. The third-order valence-electron chi connectivity index (χ3n) is 2.98. The van der Waals surface area contributed by atoms with E-state index < -0.39 is 17.3 Å². The molecule has 0 unspecified atom stereocenters. The van der Waals surface area contributed by atoms with Crippen molar-refractivity contribution < 1.29 is 18.3 Å². The van der Waals surface area contributed by atoms with Gasteiger partial charge < -0.3 is 10.4 Å². The first kappa shape index (κ1) is 12.2. The molecule has 1 fully saturated rings. The molecule has 0 radical (unpaired) electrons. The van der Waals surface area contributed by atoms with Crippen LogP contribution in [0.15, 0.2) is 18.3 Å². The van der Waals surface area contributed by atoms with Crippen molar-refractivity contribution in [3.05, 3.63) is 23.9 Å². The van der Waals surface area contributed by atoms with Crippen molar-refractivity contribution in [2.75, 3.05) is 11.9 Å². The molecule has 1 aliphatic carbocycles. The van der Waals surface area contributed by atoms with Crippen LogP contribution in [-0.4, -0.2) is 22.2 Å². The minimum atomic E-state index is -4.43. The maximum absolute atomic E-state index is 12.6. The zero-order valence-electron chi connectivity index (χ0n) is 9.09. The highest BCUT2D eigenvalue weighted by atomic mass is 19.4. The number of pyridine rings is 1. The Hall–Kier alpha value is -1.30. The fraction of sp³-hybridized carbons (Fsp3) is 0.545. The Balaban J connectivity index is 2.10. The van der Waals surface area contributed by atoms with E-state index in [4.69, 9.17) is 0 Å². The highest BCUT2D eigenvalue weighted by Gasteiger charge is 2.37. The van der Waals surface area contributed by atoms with E-state index in [-0.39, 0.29) is 12.4 Å². The predicted molar refractivity (Wildman–Crippen MR) is 56.5 cm³/mol. The van der Waals surface area contributed by atoms with Crippen LogP contribution in [0.4, 0.5) is 19.0 Å². The monoisotopic (exact) mass is 246 g/mol. The molecule has 0 aromatic carbocycles. The lowest BCUT2D eigenvalue weighted by molar-refractivity contribution is -0.137. The molecule has 1 aromatic rings. The van der Waals surface area contributed by atoms with Crippen molar-refractivity contribution in [3.8, 4) is 0 Å². The smallest absolute Gasteiger partial charge is 0.388 e. The van der Waals surface area contributed by atoms with Crippen molar-refractivity contribution in [1.82, 2.24) is 4.98 Å². The van der Waals surface area contributed by atoms with Crippen LogP contribution in [0.1, 0.15) is 24.8 Å². The van der Waals surface area contributed by atoms with Gasteiger partial charge in [0.1, 0.15) is 5.82 Å². The Labute approximate surface area is 96.7 Å². The summed E-state index contributed by atoms with van der Waals surface area (Å²) in [6.07, 6.45) is -0.990. The molecule has 0 atom stereocenters. The maximum Gasteiger partial charge on any atom is 0.419 e. The molecule has 1 saturated carbocycles. The highest BCUT2D eigenvalue weighted by molar-refractivity contribution is 5.45. The minimum Gasteiger partial charge on any atom is -0.388 e. The summed E-state index contributed by atoms with van der Waals surface area (Å²) >= 11 is 0. The number of nitrogens with one attached hydrogen (secondary N) is 1. The summed E-state index contributed by atoms with van der Waals surface area (Å²) in [5.41, 5.74) is -1.68. The van der Waals surface area contributed by atoms with Gasteiger partial charge in [-0.15, -0.1) is 0 Å². The van der Waals surface area contributed by atoms with Crippen molar-refractivity contribution in [1.29, 1.82) is 0 Å². The Bertz CT molecular complexity index is 402. The van der Waals surface area contributed by atoms with Crippen molar-refractivity contribution in [2.24, 2.45) is 0 Å². The lowest BCUT2D eigenvalue weighted by atomic mass is 9.80. The normalized spacial score (nSPS) is 18.6. The maximum atomic E-state index is 12.6. The summed E-state index contributed by atoms with van der Waals surface area (Å²) in [5.74, 6) is -0.222. The number of aromatic nitrogens is 1. The molecule has 2 N–H and O–H groups in total. The van der Waals surface area contributed by atoms with Crippen molar-refractivity contribution in [3.63, 3.8) is 0 Å². The molecular formula is C11H13F3N2O. The van der Waals surface area contributed by atoms with Gasteiger partial charge in [0.2, 0.25) is 0 Å². The van der Waals surface area contributed by atoms with E-state index in [0.29, 0.717) is 12.8 Å². The number of aliphatic hydroxyl groups is 1. The largest absolute Gasteiger partial charge is 0.419 e. The van der Waals surface area contributed by atoms with Gasteiger partial charge in [-0.25, -0.2) is 4.98 Å². The lowest BCUT2D eigenvalue weighted by Crippen LogP contribution is -2.43. The van der Waals surface area contributed by atoms with E-state index in [2.05, 4.69) is 10.3 Å². The second-order valence-corrected chi connectivity index (χ2v) is 4.33. The number of halogens is 3. The second kappa shape index (κ2) is 4.18. The van der Waals surface area contributed by atoms with Crippen LogP contribution in [0.5, 0.6) is 0 Å². The standard InChI is InChI=1S/C11H13F3N2O/c12-11(13,14)8-3-1-6-15-9(8)16-7-10(17)4-2-5-10/h1,3,6,17H,2,4-5,7H2,(H,15,16). The van der Waals surface area contributed by atoms with Gasteiger partial charge >= 0.3 is 6.18 Å². The van der Waals surface area contributed by atoms with E-state index in [9.17, 15) is 18.3 Å². The van der Waals surface area contributed by atoms with Gasteiger partial charge in [0, 0.05) is 12.7 Å². The molecule has 1 heterocycles. The summed E-state index contributed by atoms with van der Waals surface area (Å²) in [6.45, 7) is 0.104. The summed E-state index contributed by atoms with van der Waals surface area (Å²) in [5, 5.41) is 12.4. The molecule has 94 valence electrons. The van der Waals surface area contributed by atoms with E-state index in [0.717, 1.165) is 12.5 Å². The molecule has 0 bridgehead atoms. The van der Waals surface area contributed by atoms with Gasteiger partial charge in [0.25, 0.3) is 0 Å². The Morgan fingerprint density at radius 1 is 1.41 bits per heavy atom. The lowest BCUT2D eigenvalue weighted by Gasteiger charge is -2.36. The number of hydrogen-bond acceptors (Lipinski definition) is 3. The molecular weight excluding hydrogens is 233 g/mol. The summed E-state index contributed by atoms with van der Waals surface area (Å²) < 4.78 is 37.9. The van der Waals surface area contributed by atoms with E-state index >= 15 is 0 Å². The quantitative estimate of drug-likeness (QED) is 0.861. The molecule has 0 amide bonds. The van der Waals surface area contributed by atoms with E-state index in [1.807, 2.05) is 0 Å². The minimum absolute atomic E-state index is 0.104. The van der Waals surface area contributed by atoms with Gasteiger partial charge in [-0.05, 0) is 31.4 Å². The fourth-order valence-electron chi connectivity index (χ4n) is 1.78. The van der Waals surface area contributed by atoms with Crippen molar-refractivity contribution >= 4 is 5.82 Å². The van der Waals surface area contributed by atoms with Crippen LogP contribution < -0.4 is 5.32 Å². The molecule has 2 rings (SSSR count). The Kier molecular flexibility index (Phi) is 2.99. The second-order valence-electron chi connectivity index (χ2n) is 4.33. The first-order chi connectivity index (χ1) is 7.91. The Morgan fingerprint density at radius 2 is 2.12 bits per heavy atom. The van der Waals surface area contributed by atoms with Crippen LogP contribution in [0.2, 0.25) is 0 Å². The van der Waals surface area contributed by atoms with E-state index in [1.54, 1.807) is 0 Å². The first-order valence-corrected chi connectivity index (χ1v) is 5.39. The number of anilines is 1. The summed E-state index contributed by atoms with van der Waals surface area (Å²) in [6, 6.07) is 2.21. The van der Waals surface area contributed by atoms with Crippen LogP contribution in [0, 0.1) is 0 Å².